The van der Waals surface area contributed by atoms with Crippen molar-refractivity contribution < 1.29 is 40.3 Å². The molecule has 0 aliphatic heterocycles. The second-order valence-corrected chi connectivity index (χ2v) is 7.00. The Morgan fingerprint density at radius 3 is 1.70 bits per heavy atom. The molecule has 0 rings (SSSR count). The van der Waals surface area contributed by atoms with Crippen LogP contribution < -0.4 is 0 Å². The van der Waals surface area contributed by atoms with Crippen molar-refractivity contribution in [3.05, 3.63) is 0 Å². The molecule has 0 heterocycles. The molecule has 0 spiro atoms. The summed E-state index contributed by atoms with van der Waals surface area (Å²) in [7, 11) is 0. The second-order valence-electron chi connectivity index (χ2n) is 7.00. The van der Waals surface area contributed by atoms with Crippen molar-refractivity contribution in [2.45, 2.75) is 59.1 Å². The van der Waals surface area contributed by atoms with E-state index in [9.17, 15) is 35.5 Å². The monoisotopic (exact) mass is 354 g/mol. The Kier molecular flexibility index (Phi) is 6.54. The van der Waals surface area contributed by atoms with Gasteiger partial charge in [0.15, 0.2) is 6.61 Å². The molecule has 0 aromatic rings. The predicted octanol–water partition coefficient (Wildman–Crippen LogP) is 5.07. The Balaban J connectivity index is 5.04. The highest BCUT2D eigenvalue weighted by atomic mass is 19.4. The van der Waals surface area contributed by atoms with E-state index >= 15 is 0 Å². The largest absolute Gasteiger partial charge is 0.460 e. The van der Waals surface area contributed by atoms with E-state index in [-0.39, 0.29) is 17.8 Å². The van der Waals surface area contributed by atoms with E-state index in [0.29, 0.717) is 0 Å². The third kappa shape index (κ3) is 5.84. The lowest BCUT2D eigenvalue weighted by Gasteiger charge is -2.30. The highest BCUT2D eigenvalue weighted by Gasteiger charge is 2.73. The SMILES string of the molecule is CC(C)C(CC(C)(C)C)C(=O)OCC(F)(F)C(F)(F)C(F)(F)F. The van der Waals surface area contributed by atoms with Gasteiger partial charge in [-0.1, -0.05) is 34.6 Å². The maximum absolute atomic E-state index is 13.1. The van der Waals surface area contributed by atoms with Crippen molar-refractivity contribution in [3.63, 3.8) is 0 Å². The Labute approximate surface area is 130 Å². The predicted molar refractivity (Wildman–Crippen MR) is 69.3 cm³/mol. The van der Waals surface area contributed by atoms with Crippen LogP contribution in [0.25, 0.3) is 0 Å². The molecule has 0 aliphatic rings. The zero-order valence-corrected chi connectivity index (χ0v) is 13.5. The Morgan fingerprint density at radius 2 is 1.39 bits per heavy atom. The average molecular weight is 354 g/mol. The zero-order chi connectivity index (χ0) is 18.9. The second kappa shape index (κ2) is 6.84. The lowest BCUT2D eigenvalue weighted by Crippen LogP contribution is -2.54. The van der Waals surface area contributed by atoms with Crippen molar-refractivity contribution in [2.75, 3.05) is 6.61 Å². The van der Waals surface area contributed by atoms with Gasteiger partial charge in [-0.25, -0.2) is 0 Å². The first-order valence-corrected chi connectivity index (χ1v) is 6.91. The van der Waals surface area contributed by atoms with Gasteiger partial charge in [0.2, 0.25) is 0 Å². The molecular formula is C14H21F7O2. The van der Waals surface area contributed by atoms with E-state index in [4.69, 9.17) is 0 Å². The Morgan fingerprint density at radius 1 is 0.957 bits per heavy atom. The molecule has 0 saturated heterocycles. The van der Waals surface area contributed by atoms with Crippen molar-refractivity contribution in [3.8, 4) is 0 Å². The van der Waals surface area contributed by atoms with E-state index in [0.717, 1.165) is 0 Å². The summed E-state index contributed by atoms with van der Waals surface area (Å²) < 4.78 is 91.7. The topological polar surface area (TPSA) is 26.3 Å². The molecule has 1 unspecified atom stereocenters. The number of alkyl halides is 7. The number of rotatable bonds is 6. The lowest BCUT2D eigenvalue weighted by molar-refractivity contribution is -0.360. The van der Waals surface area contributed by atoms with Gasteiger partial charge in [0.25, 0.3) is 0 Å². The van der Waals surface area contributed by atoms with Gasteiger partial charge in [-0.3, -0.25) is 4.79 Å². The molecule has 0 N–H and O–H groups in total. The highest BCUT2D eigenvalue weighted by molar-refractivity contribution is 5.72. The number of esters is 1. The first-order valence-electron chi connectivity index (χ1n) is 6.91. The van der Waals surface area contributed by atoms with Crippen LogP contribution in [-0.4, -0.2) is 30.6 Å². The third-order valence-corrected chi connectivity index (χ3v) is 3.15. The molecule has 0 fully saturated rings. The fourth-order valence-electron chi connectivity index (χ4n) is 1.82. The van der Waals surface area contributed by atoms with Crippen molar-refractivity contribution in [1.82, 2.24) is 0 Å². The molecular weight excluding hydrogens is 333 g/mol. The van der Waals surface area contributed by atoms with E-state index < -0.39 is 36.5 Å². The minimum atomic E-state index is -6.44. The lowest BCUT2D eigenvalue weighted by atomic mass is 9.80. The quantitative estimate of drug-likeness (QED) is 0.492. The number of carbonyl (C=O) groups excluding carboxylic acids is 1. The molecule has 0 aromatic carbocycles. The molecule has 0 aliphatic carbocycles. The molecule has 9 heteroatoms. The molecule has 0 aromatic heterocycles. The first kappa shape index (κ1) is 22.0. The van der Waals surface area contributed by atoms with Crippen LogP contribution in [0.5, 0.6) is 0 Å². The van der Waals surface area contributed by atoms with Crippen LogP contribution in [0.1, 0.15) is 41.0 Å². The van der Waals surface area contributed by atoms with Crippen LogP contribution in [0.4, 0.5) is 30.7 Å². The van der Waals surface area contributed by atoms with Gasteiger partial charge in [-0.2, -0.15) is 30.7 Å². The van der Waals surface area contributed by atoms with Gasteiger partial charge in [0.05, 0.1) is 5.92 Å². The van der Waals surface area contributed by atoms with Gasteiger partial charge >= 0.3 is 24.0 Å². The van der Waals surface area contributed by atoms with Crippen LogP contribution >= 0.6 is 0 Å². The van der Waals surface area contributed by atoms with Crippen LogP contribution in [0, 0.1) is 17.3 Å². The van der Waals surface area contributed by atoms with E-state index in [1.165, 1.54) is 0 Å². The summed E-state index contributed by atoms with van der Waals surface area (Å²) in [6, 6.07) is 0. The summed E-state index contributed by atoms with van der Waals surface area (Å²) in [5.74, 6) is -14.3. The minimum absolute atomic E-state index is 0.213. The van der Waals surface area contributed by atoms with Crippen LogP contribution in [0.3, 0.4) is 0 Å². The summed E-state index contributed by atoms with van der Waals surface area (Å²) in [4.78, 5) is 11.8. The van der Waals surface area contributed by atoms with Crippen molar-refractivity contribution in [1.29, 1.82) is 0 Å². The molecule has 23 heavy (non-hydrogen) atoms. The smallest absolute Gasteiger partial charge is 0.459 e. The number of halogens is 7. The maximum Gasteiger partial charge on any atom is 0.460 e. The maximum atomic E-state index is 13.1. The van der Waals surface area contributed by atoms with E-state index in [1.54, 1.807) is 34.6 Å². The Bertz CT molecular complexity index is 408. The number of hydrogen-bond donors (Lipinski definition) is 0. The summed E-state index contributed by atoms with van der Waals surface area (Å²) in [5, 5.41) is 0. The fraction of sp³-hybridized carbons (Fsp3) is 0.929. The first-order chi connectivity index (χ1) is 9.92. The molecule has 1 atom stereocenters. The van der Waals surface area contributed by atoms with E-state index in [1.807, 2.05) is 0 Å². The van der Waals surface area contributed by atoms with Gasteiger partial charge in [-0.05, 0) is 17.8 Å². The molecule has 0 amide bonds. The van der Waals surface area contributed by atoms with Crippen LogP contribution in [0.2, 0.25) is 0 Å². The van der Waals surface area contributed by atoms with Gasteiger partial charge in [0.1, 0.15) is 0 Å². The highest BCUT2D eigenvalue weighted by Crippen LogP contribution is 2.46. The van der Waals surface area contributed by atoms with Crippen LogP contribution in [0.15, 0.2) is 0 Å². The normalized spacial score (nSPS) is 15.7. The number of ether oxygens (including phenoxy) is 1. The molecule has 138 valence electrons. The standard InChI is InChI=1S/C14H21F7O2/c1-8(2)9(6-11(3,4)5)10(22)23-7-12(15,16)13(17,18)14(19,20)21/h8-9H,6-7H2,1-5H3. The molecule has 0 radical (unpaired) electrons. The molecule has 0 saturated carbocycles. The summed E-state index contributed by atoms with van der Waals surface area (Å²) in [6.45, 7) is 6.16. The minimum Gasteiger partial charge on any atom is -0.459 e. The Hall–Kier alpha value is -1.02. The van der Waals surface area contributed by atoms with Crippen molar-refractivity contribution in [2.24, 2.45) is 17.3 Å². The number of carbonyl (C=O) groups is 1. The summed E-state index contributed by atoms with van der Waals surface area (Å²) in [5.41, 5.74) is -0.383. The summed E-state index contributed by atoms with van der Waals surface area (Å²) >= 11 is 0. The fourth-order valence-corrected chi connectivity index (χ4v) is 1.82. The van der Waals surface area contributed by atoms with Crippen molar-refractivity contribution >= 4 is 5.97 Å². The molecule has 0 bridgehead atoms. The van der Waals surface area contributed by atoms with Crippen LogP contribution in [-0.2, 0) is 9.53 Å². The number of hydrogen-bond acceptors (Lipinski definition) is 2. The summed E-state index contributed by atoms with van der Waals surface area (Å²) in [6.07, 6.45) is -6.23. The van der Waals surface area contributed by atoms with Gasteiger partial charge in [-0.15, -0.1) is 0 Å². The van der Waals surface area contributed by atoms with E-state index in [2.05, 4.69) is 4.74 Å². The van der Waals surface area contributed by atoms with Gasteiger partial charge < -0.3 is 4.74 Å². The zero-order valence-electron chi connectivity index (χ0n) is 13.5. The van der Waals surface area contributed by atoms with Gasteiger partial charge in [0, 0.05) is 0 Å². The third-order valence-electron chi connectivity index (χ3n) is 3.15. The molecule has 2 nitrogen and oxygen atoms in total. The average Bonchev–Trinajstić information content (AvgIpc) is 2.30.